The standard InChI is InChI=1S/C16H16N2O2S/c1-11-5-6-14(12(2)18-11)16(20)17-10-15-13(4-3-8-19)7-9-21-15/h5-7,9,19H,8,10H2,1-2H3,(H,17,20). The van der Waals surface area contributed by atoms with Gasteiger partial charge in [0, 0.05) is 16.1 Å². The molecule has 0 radical (unpaired) electrons. The van der Waals surface area contributed by atoms with Gasteiger partial charge in [-0.1, -0.05) is 11.8 Å². The summed E-state index contributed by atoms with van der Waals surface area (Å²) >= 11 is 1.53. The second-order valence-electron chi connectivity index (χ2n) is 4.49. The minimum atomic E-state index is -0.171. The Morgan fingerprint density at radius 3 is 2.90 bits per heavy atom. The Hall–Kier alpha value is -2.16. The van der Waals surface area contributed by atoms with Crippen molar-refractivity contribution in [3.8, 4) is 11.8 Å². The lowest BCUT2D eigenvalue weighted by molar-refractivity contribution is 0.0950. The van der Waals surface area contributed by atoms with Crippen molar-refractivity contribution < 1.29 is 9.90 Å². The summed E-state index contributed by atoms with van der Waals surface area (Å²) in [6, 6.07) is 5.49. The van der Waals surface area contributed by atoms with Crippen LogP contribution in [0.2, 0.25) is 0 Å². The molecule has 2 heterocycles. The van der Waals surface area contributed by atoms with E-state index in [0.717, 1.165) is 21.8 Å². The molecule has 2 rings (SSSR count). The maximum absolute atomic E-state index is 12.2. The van der Waals surface area contributed by atoms with Crippen molar-refractivity contribution in [2.75, 3.05) is 6.61 Å². The number of aliphatic hydroxyl groups excluding tert-OH is 1. The molecule has 0 aliphatic heterocycles. The number of pyridine rings is 1. The van der Waals surface area contributed by atoms with E-state index in [1.54, 1.807) is 6.07 Å². The predicted octanol–water partition coefficient (Wildman–Crippen LogP) is 2.03. The average molecular weight is 300 g/mol. The molecule has 2 N–H and O–H groups in total. The highest BCUT2D eigenvalue weighted by molar-refractivity contribution is 7.10. The molecule has 0 spiro atoms. The third kappa shape index (κ3) is 3.91. The highest BCUT2D eigenvalue weighted by Crippen LogP contribution is 2.16. The molecular weight excluding hydrogens is 284 g/mol. The van der Waals surface area contributed by atoms with Gasteiger partial charge in [0.15, 0.2) is 0 Å². The molecule has 0 saturated carbocycles. The van der Waals surface area contributed by atoms with E-state index in [9.17, 15) is 4.79 Å². The third-order valence-corrected chi connectivity index (χ3v) is 3.85. The number of aliphatic hydroxyl groups is 1. The molecule has 0 atom stereocenters. The van der Waals surface area contributed by atoms with Crippen LogP contribution in [0.25, 0.3) is 0 Å². The van der Waals surface area contributed by atoms with Crippen molar-refractivity contribution in [2.24, 2.45) is 0 Å². The molecule has 108 valence electrons. The first kappa shape index (κ1) is 15.2. The van der Waals surface area contributed by atoms with Gasteiger partial charge in [-0.2, -0.15) is 0 Å². The smallest absolute Gasteiger partial charge is 0.253 e. The lowest BCUT2D eigenvalue weighted by Gasteiger charge is -2.07. The van der Waals surface area contributed by atoms with Gasteiger partial charge in [0.2, 0.25) is 0 Å². The van der Waals surface area contributed by atoms with Gasteiger partial charge in [-0.25, -0.2) is 0 Å². The van der Waals surface area contributed by atoms with E-state index < -0.39 is 0 Å². The summed E-state index contributed by atoms with van der Waals surface area (Å²) in [5, 5.41) is 13.5. The van der Waals surface area contributed by atoms with E-state index in [1.165, 1.54) is 11.3 Å². The molecule has 0 aliphatic rings. The minimum absolute atomic E-state index is 0.144. The second-order valence-corrected chi connectivity index (χ2v) is 5.49. The van der Waals surface area contributed by atoms with E-state index >= 15 is 0 Å². The van der Waals surface area contributed by atoms with Crippen LogP contribution in [0.5, 0.6) is 0 Å². The molecule has 2 aromatic heterocycles. The van der Waals surface area contributed by atoms with Crippen molar-refractivity contribution in [3.05, 3.63) is 51.0 Å². The molecule has 1 amide bonds. The highest BCUT2D eigenvalue weighted by atomic mass is 32.1. The zero-order chi connectivity index (χ0) is 15.2. The van der Waals surface area contributed by atoms with E-state index in [1.807, 2.05) is 31.4 Å². The molecule has 0 bridgehead atoms. The summed E-state index contributed by atoms with van der Waals surface area (Å²) in [7, 11) is 0. The van der Waals surface area contributed by atoms with E-state index in [-0.39, 0.29) is 12.5 Å². The first-order chi connectivity index (χ1) is 10.1. The molecule has 0 unspecified atom stereocenters. The Labute approximate surface area is 127 Å². The first-order valence-corrected chi connectivity index (χ1v) is 7.38. The van der Waals surface area contributed by atoms with Crippen molar-refractivity contribution >= 4 is 17.2 Å². The van der Waals surface area contributed by atoms with E-state index in [2.05, 4.69) is 22.1 Å². The molecule has 5 heteroatoms. The lowest BCUT2D eigenvalue weighted by Crippen LogP contribution is -2.23. The molecule has 0 saturated heterocycles. The van der Waals surface area contributed by atoms with Gasteiger partial charge in [0.25, 0.3) is 5.91 Å². The fraction of sp³-hybridized carbons (Fsp3) is 0.250. The van der Waals surface area contributed by atoms with Crippen molar-refractivity contribution in [1.29, 1.82) is 0 Å². The van der Waals surface area contributed by atoms with Crippen LogP contribution in [0.4, 0.5) is 0 Å². The fourth-order valence-electron chi connectivity index (χ4n) is 1.91. The van der Waals surface area contributed by atoms with Crippen LogP contribution < -0.4 is 5.32 Å². The summed E-state index contributed by atoms with van der Waals surface area (Å²) in [6.07, 6.45) is 0. The monoisotopic (exact) mass is 300 g/mol. The second kappa shape index (κ2) is 7.02. The maximum atomic E-state index is 12.2. The van der Waals surface area contributed by atoms with Crippen molar-refractivity contribution in [2.45, 2.75) is 20.4 Å². The number of thiophene rings is 1. The number of rotatable bonds is 3. The van der Waals surface area contributed by atoms with Gasteiger partial charge < -0.3 is 10.4 Å². The zero-order valence-corrected chi connectivity index (χ0v) is 12.8. The zero-order valence-electron chi connectivity index (χ0n) is 11.9. The van der Waals surface area contributed by atoms with Crippen LogP contribution in [0.15, 0.2) is 23.6 Å². The Bertz CT molecular complexity index is 711. The normalized spacial score (nSPS) is 9.86. The summed E-state index contributed by atoms with van der Waals surface area (Å²) in [4.78, 5) is 17.4. The molecule has 0 aliphatic carbocycles. The van der Waals surface area contributed by atoms with Gasteiger partial charge in [0.1, 0.15) is 6.61 Å². The average Bonchev–Trinajstić information content (AvgIpc) is 2.90. The number of carbonyl (C=O) groups excluding carboxylic acids is 1. The van der Waals surface area contributed by atoms with Gasteiger partial charge in [-0.15, -0.1) is 11.3 Å². The molecule has 4 nitrogen and oxygen atoms in total. The van der Waals surface area contributed by atoms with Crippen molar-refractivity contribution in [1.82, 2.24) is 10.3 Å². The molecule has 0 aromatic carbocycles. The fourth-order valence-corrected chi connectivity index (χ4v) is 2.68. The number of aryl methyl sites for hydroxylation is 2. The SMILES string of the molecule is Cc1ccc(C(=O)NCc2sccc2C#CCO)c(C)n1. The Morgan fingerprint density at radius 1 is 1.38 bits per heavy atom. The van der Waals surface area contributed by atoms with Crippen LogP contribution in [0.3, 0.4) is 0 Å². The van der Waals surface area contributed by atoms with E-state index in [4.69, 9.17) is 5.11 Å². The van der Waals surface area contributed by atoms with Gasteiger partial charge >= 0.3 is 0 Å². The number of nitrogens with one attached hydrogen (secondary N) is 1. The lowest BCUT2D eigenvalue weighted by atomic mass is 10.1. The summed E-state index contributed by atoms with van der Waals surface area (Å²) in [6.45, 7) is 3.97. The number of aromatic nitrogens is 1. The van der Waals surface area contributed by atoms with Crippen LogP contribution >= 0.6 is 11.3 Å². The molecule has 21 heavy (non-hydrogen) atoms. The molecule has 0 fully saturated rings. The predicted molar refractivity (Wildman–Crippen MR) is 83.2 cm³/mol. The number of carbonyl (C=O) groups is 1. The summed E-state index contributed by atoms with van der Waals surface area (Å²) in [5.41, 5.74) is 3.04. The van der Waals surface area contributed by atoms with Gasteiger partial charge in [-0.3, -0.25) is 9.78 Å². The van der Waals surface area contributed by atoms with Crippen LogP contribution in [0, 0.1) is 25.7 Å². The van der Waals surface area contributed by atoms with Gasteiger partial charge in [0.05, 0.1) is 17.8 Å². The summed E-state index contributed by atoms with van der Waals surface area (Å²) in [5.74, 6) is 5.34. The Balaban J connectivity index is 2.06. The minimum Gasteiger partial charge on any atom is -0.384 e. The van der Waals surface area contributed by atoms with Gasteiger partial charge in [-0.05, 0) is 37.4 Å². The van der Waals surface area contributed by atoms with Crippen LogP contribution in [-0.4, -0.2) is 22.6 Å². The number of amides is 1. The van der Waals surface area contributed by atoms with E-state index in [0.29, 0.717) is 12.1 Å². The third-order valence-electron chi connectivity index (χ3n) is 2.93. The quantitative estimate of drug-likeness (QED) is 0.853. The number of nitrogens with zero attached hydrogens (tertiary/aromatic N) is 1. The largest absolute Gasteiger partial charge is 0.384 e. The Kier molecular flexibility index (Phi) is 5.09. The number of hydrogen-bond acceptors (Lipinski definition) is 4. The first-order valence-electron chi connectivity index (χ1n) is 6.50. The molecular formula is C16H16N2O2S. The van der Waals surface area contributed by atoms with Crippen molar-refractivity contribution in [3.63, 3.8) is 0 Å². The highest BCUT2D eigenvalue weighted by Gasteiger charge is 2.11. The molecule has 2 aromatic rings. The van der Waals surface area contributed by atoms with Crippen LogP contribution in [0.1, 0.15) is 32.2 Å². The summed E-state index contributed by atoms with van der Waals surface area (Å²) < 4.78 is 0. The Morgan fingerprint density at radius 2 is 2.19 bits per heavy atom. The maximum Gasteiger partial charge on any atom is 0.253 e. The van der Waals surface area contributed by atoms with Crippen LogP contribution in [-0.2, 0) is 6.54 Å². The number of hydrogen-bond donors (Lipinski definition) is 2. The topological polar surface area (TPSA) is 62.2 Å².